The molecular formula is C14H15NO3. The van der Waals surface area contributed by atoms with Crippen molar-refractivity contribution in [2.45, 2.75) is 18.9 Å². The summed E-state index contributed by atoms with van der Waals surface area (Å²) in [6.45, 7) is 0. The lowest BCUT2D eigenvalue weighted by molar-refractivity contribution is 0.162. The Labute approximate surface area is 105 Å². The van der Waals surface area contributed by atoms with E-state index < -0.39 is 6.10 Å². The zero-order valence-corrected chi connectivity index (χ0v) is 9.82. The van der Waals surface area contributed by atoms with Crippen LogP contribution in [0, 0.1) is 0 Å². The Bertz CT molecular complexity index is 493. The molecule has 0 saturated heterocycles. The molecule has 0 amide bonds. The number of nitrogens with zero attached hydrogens (tertiary/aromatic N) is 1. The van der Waals surface area contributed by atoms with Gasteiger partial charge in [-0.3, -0.25) is 4.98 Å². The lowest BCUT2D eigenvalue weighted by atomic mass is 10.0. The number of hydrogen-bond donors (Lipinski definition) is 3. The van der Waals surface area contributed by atoms with Crippen LogP contribution in [0.1, 0.15) is 23.8 Å². The van der Waals surface area contributed by atoms with Gasteiger partial charge in [-0.25, -0.2) is 0 Å². The maximum atomic E-state index is 9.94. The molecule has 94 valence electrons. The van der Waals surface area contributed by atoms with Gasteiger partial charge in [0.1, 0.15) is 11.5 Å². The molecule has 18 heavy (non-hydrogen) atoms. The summed E-state index contributed by atoms with van der Waals surface area (Å²) in [6, 6.07) is 9.94. The molecule has 3 N–H and O–H groups in total. The van der Waals surface area contributed by atoms with Crippen molar-refractivity contribution in [3.05, 3.63) is 53.9 Å². The largest absolute Gasteiger partial charge is 0.508 e. The first kappa shape index (κ1) is 12.4. The predicted molar refractivity (Wildman–Crippen MR) is 67.3 cm³/mol. The Morgan fingerprint density at radius 3 is 2.33 bits per heavy atom. The first-order valence-corrected chi connectivity index (χ1v) is 5.77. The van der Waals surface area contributed by atoms with Gasteiger partial charge in [0.15, 0.2) is 0 Å². The van der Waals surface area contributed by atoms with Gasteiger partial charge < -0.3 is 15.3 Å². The third kappa shape index (κ3) is 2.78. The second-order valence-electron chi connectivity index (χ2n) is 4.08. The van der Waals surface area contributed by atoms with Crippen molar-refractivity contribution in [2.75, 3.05) is 0 Å². The lowest BCUT2D eigenvalue weighted by Gasteiger charge is -2.11. The van der Waals surface area contributed by atoms with Crippen LogP contribution in [0.2, 0.25) is 0 Å². The van der Waals surface area contributed by atoms with Gasteiger partial charge >= 0.3 is 0 Å². The molecule has 4 nitrogen and oxygen atoms in total. The molecule has 1 atom stereocenters. The fourth-order valence-corrected chi connectivity index (χ4v) is 1.82. The molecule has 1 heterocycles. The average molecular weight is 245 g/mol. The molecule has 4 heteroatoms. The summed E-state index contributed by atoms with van der Waals surface area (Å²) in [7, 11) is 0. The van der Waals surface area contributed by atoms with E-state index in [2.05, 4.69) is 4.98 Å². The molecular weight excluding hydrogens is 230 g/mol. The van der Waals surface area contributed by atoms with Gasteiger partial charge in [0.25, 0.3) is 0 Å². The van der Waals surface area contributed by atoms with Crippen LogP contribution in [-0.2, 0) is 6.42 Å². The number of hydrogen-bond acceptors (Lipinski definition) is 4. The number of pyridine rings is 1. The number of aromatic hydroxyl groups is 2. The van der Waals surface area contributed by atoms with Crippen LogP contribution in [0.3, 0.4) is 0 Å². The first-order valence-electron chi connectivity index (χ1n) is 5.77. The number of aliphatic hydroxyl groups is 1. The summed E-state index contributed by atoms with van der Waals surface area (Å²) in [5, 5.41) is 29.2. The van der Waals surface area contributed by atoms with Crippen molar-refractivity contribution in [3.63, 3.8) is 0 Å². The van der Waals surface area contributed by atoms with Crippen LogP contribution in [0.25, 0.3) is 0 Å². The number of phenolic OH excluding ortho intramolecular Hbond substituents is 2. The second-order valence-corrected chi connectivity index (χ2v) is 4.08. The Morgan fingerprint density at radius 2 is 1.72 bits per heavy atom. The molecule has 0 aliphatic carbocycles. The molecule has 2 aromatic rings. The second kappa shape index (κ2) is 5.51. The van der Waals surface area contributed by atoms with Crippen LogP contribution in [0.4, 0.5) is 0 Å². The van der Waals surface area contributed by atoms with E-state index in [9.17, 15) is 15.3 Å². The zero-order chi connectivity index (χ0) is 13.0. The van der Waals surface area contributed by atoms with Gasteiger partial charge in [0.2, 0.25) is 0 Å². The summed E-state index contributed by atoms with van der Waals surface area (Å²) in [6.07, 6.45) is 1.69. The molecule has 0 radical (unpaired) electrons. The number of phenols is 2. The minimum absolute atomic E-state index is 0.0446. The SMILES string of the molecule is Oc1cccc(O)c1CCC(O)c1ccccn1. The lowest BCUT2D eigenvalue weighted by Crippen LogP contribution is -2.02. The third-order valence-corrected chi connectivity index (χ3v) is 2.82. The summed E-state index contributed by atoms with van der Waals surface area (Å²) in [4.78, 5) is 4.06. The van der Waals surface area contributed by atoms with Crippen LogP contribution in [0.5, 0.6) is 11.5 Å². The van der Waals surface area contributed by atoms with E-state index in [1.807, 2.05) is 6.07 Å². The number of benzene rings is 1. The molecule has 0 aliphatic heterocycles. The van der Waals surface area contributed by atoms with E-state index in [-0.39, 0.29) is 11.5 Å². The normalized spacial score (nSPS) is 12.3. The molecule has 0 bridgehead atoms. The van der Waals surface area contributed by atoms with E-state index in [4.69, 9.17) is 0 Å². The topological polar surface area (TPSA) is 73.6 Å². The highest BCUT2D eigenvalue weighted by atomic mass is 16.3. The Morgan fingerprint density at radius 1 is 1.00 bits per heavy atom. The average Bonchev–Trinajstić information content (AvgIpc) is 2.39. The summed E-state index contributed by atoms with van der Waals surface area (Å²) < 4.78 is 0. The monoisotopic (exact) mass is 245 g/mol. The van der Waals surface area contributed by atoms with Crippen LogP contribution < -0.4 is 0 Å². The Balaban J connectivity index is 2.04. The van der Waals surface area contributed by atoms with Crippen molar-refractivity contribution in [1.82, 2.24) is 4.98 Å². The number of rotatable bonds is 4. The molecule has 1 aromatic carbocycles. The predicted octanol–water partition coefficient (Wildman–Crippen LogP) is 2.16. The highest BCUT2D eigenvalue weighted by molar-refractivity contribution is 5.43. The highest BCUT2D eigenvalue weighted by Crippen LogP contribution is 2.29. The molecule has 0 fully saturated rings. The smallest absolute Gasteiger partial charge is 0.122 e. The number of aromatic nitrogens is 1. The van der Waals surface area contributed by atoms with Gasteiger partial charge in [-0.05, 0) is 37.1 Å². The quantitative estimate of drug-likeness (QED) is 0.771. The molecule has 2 rings (SSSR count). The van der Waals surface area contributed by atoms with Crippen molar-refractivity contribution >= 4 is 0 Å². The minimum atomic E-state index is -0.704. The van der Waals surface area contributed by atoms with E-state index in [0.29, 0.717) is 24.1 Å². The van der Waals surface area contributed by atoms with Gasteiger partial charge in [-0.2, -0.15) is 0 Å². The number of aliphatic hydroxyl groups excluding tert-OH is 1. The summed E-state index contributed by atoms with van der Waals surface area (Å²) >= 11 is 0. The van der Waals surface area contributed by atoms with Crippen molar-refractivity contribution in [2.24, 2.45) is 0 Å². The fraction of sp³-hybridized carbons (Fsp3) is 0.214. The van der Waals surface area contributed by atoms with Crippen molar-refractivity contribution < 1.29 is 15.3 Å². The minimum Gasteiger partial charge on any atom is -0.508 e. The van der Waals surface area contributed by atoms with Crippen molar-refractivity contribution in [3.8, 4) is 11.5 Å². The fourth-order valence-electron chi connectivity index (χ4n) is 1.82. The van der Waals surface area contributed by atoms with E-state index in [1.54, 1.807) is 24.4 Å². The molecule has 0 spiro atoms. The standard InChI is InChI=1S/C14H15NO3/c16-12-5-3-6-13(17)10(12)7-8-14(18)11-4-1-2-9-15-11/h1-6,9,14,16-18H,7-8H2. The Hall–Kier alpha value is -2.07. The van der Waals surface area contributed by atoms with E-state index >= 15 is 0 Å². The van der Waals surface area contributed by atoms with Crippen LogP contribution >= 0.6 is 0 Å². The Kier molecular flexibility index (Phi) is 3.79. The third-order valence-electron chi connectivity index (χ3n) is 2.82. The molecule has 1 unspecified atom stereocenters. The van der Waals surface area contributed by atoms with E-state index in [0.717, 1.165) is 0 Å². The van der Waals surface area contributed by atoms with Crippen LogP contribution in [-0.4, -0.2) is 20.3 Å². The summed E-state index contributed by atoms with van der Waals surface area (Å²) in [5.74, 6) is 0.0893. The maximum Gasteiger partial charge on any atom is 0.122 e. The summed E-state index contributed by atoms with van der Waals surface area (Å²) in [5.41, 5.74) is 1.04. The van der Waals surface area contributed by atoms with Crippen LogP contribution in [0.15, 0.2) is 42.6 Å². The molecule has 0 saturated carbocycles. The van der Waals surface area contributed by atoms with E-state index in [1.165, 1.54) is 12.1 Å². The van der Waals surface area contributed by atoms with Gasteiger partial charge in [-0.15, -0.1) is 0 Å². The first-order chi connectivity index (χ1) is 8.68. The van der Waals surface area contributed by atoms with Gasteiger partial charge in [0.05, 0.1) is 11.8 Å². The molecule has 1 aromatic heterocycles. The highest BCUT2D eigenvalue weighted by Gasteiger charge is 2.12. The maximum absolute atomic E-state index is 9.94. The van der Waals surface area contributed by atoms with Gasteiger partial charge in [0, 0.05) is 11.8 Å². The molecule has 0 aliphatic rings. The zero-order valence-electron chi connectivity index (χ0n) is 9.82. The van der Waals surface area contributed by atoms with Gasteiger partial charge in [-0.1, -0.05) is 12.1 Å². The van der Waals surface area contributed by atoms with Crippen molar-refractivity contribution in [1.29, 1.82) is 0 Å².